The summed E-state index contributed by atoms with van der Waals surface area (Å²) in [7, 11) is 0. The fourth-order valence-corrected chi connectivity index (χ4v) is 2.25. The van der Waals surface area contributed by atoms with Crippen molar-refractivity contribution >= 4 is 5.91 Å². The van der Waals surface area contributed by atoms with E-state index in [0.717, 1.165) is 22.6 Å². The summed E-state index contributed by atoms with van der Waals surface area (Å²) in [5.74, 6) is 0.623. The van der Waals surface area contributed by atoms with Gasteiger partial charge in [0, 0.05) is 5.56 Å². The van der Waals surface area contributed by atoms with Gasteiger partial charge in [0.25, 0.3) is 5.91 Å². The molecule has 0 radical (unpaired) electrons. The first-order chi connectivity index (χ1) is 9.38. The average molecular weight is 275 g/mol. The second-order valence-corrected chi connectivity index (χ2v) is 5.05. The van der Waals surface area contributed by atoms with Gasteiger partial charge >= 0.3 is 0 Å². The number of furan rings is 1. The summed E-state index contributed by atoms with van der Waals surface area (Å²) in [6.07, 6.45) is 0. The smallest absolute Gasteiger partial charge is 0.254 e. The van der Waals surface area contributed by atoms with Crippen molar-refractivity contribution in [2.24, 2.45) is 0 Å². The molecular weight excluding hydrogens is 257 g/mol. The van der Waals surface area contributed by atoms with Crippen LogP contribution >= 0.6 is 0 Å². The largest absolute Gasteiger partial charge is 0.466 e. The molecule has 0 aliphatic rings. The highest BCUT2D eigenvalue weighted by Gasteiger charge is 2.18. The molecule has 1 aromatic carbocycles. The van der Waals surface area contributed by atoms with E-state index in [1.165, 1.54) is 6.07 Å². The molecule has 0 bridgehead atoms. The van der Waals surface area contributed by atoms with E-state index in [4.69, 9.17) is 4.42 Å². The molecule has 1 unspecified atom stereocenters. The molecule has 0 aliphatic heterocycles. The van der Waals surface area contributed by atoms with Crippen molar-refractivity contribution in [3.8, 4) is 0 Å². The van der Waals surface area contributed by atoms with Gasteiger partial charge in [-0.3, -0.25) is 4.79 Å². The Balaban J connectivity index is 2.19. The molecule has 0 saturated carbocycles. The zero-order valence-corrected chi connectivity index (χ0v) is 12.1. The molecule has 1 amide bonds. The predicted molar refractivity (Wildman–Crippen MR) is 75.2 cm³/mol. The molecule has 2 rings (SSSR count). The van der Waals surface area contributed by atoms with Crippen LogP contribution in [0.1, 0.15) is 46.0 Å². The molecule has 1 heterocycles. The zero-order valence-electron chi connectivity index (χ0n) is 12.1. The third-order valence-electron chi connectivity index (χ3n) is 3.26. The van der Waals surface area contributed by atoms with Crippen molar-refractivity contribution in [2.75, 3.05) is 0 Å². The molecular formula is C16H18FNO2. The SMILES string of the molecule is Cc1ccc(F)c(C(=O)NC(C)c2cc(C)oc2C)c1. The number of hydrogen-bond acceptors (Lipinski definition) is 2. The van der Waals surface area contributed by atoms with Crippen LogP contribution in [0.15, 0.2) is 28.7 Å². The summed E-state index contributed by atoms with van der Waals surface area (Å²) in [4.78, 5) is 12.1. The number of carbonyl (C=O) groups excluding carboxylic acids is 1. The molecule has 1 aromatic heterocycles. The van der Waals surface area contributed by atoms with Gasteiger partial charge < -0.3 is 9.73 Å². The van der Waals surface area contributed by atoms with Crippen LogP contribution in [-0.4, -0.2) is 5.91 Å². The summed E-state index contributed by atoms with van der Waals surface area (Å²) in [6.45, 7) is 7.37. The van der Waals surface area contributed by atoms with Crippen LogP contribution in [-0.2, 0) is 0 Å². The van der Waals surface area contributed by atoms with E-state index in [2.05, 4.69) is 5.32 Å². The molecule has 0 spiro atoms. The second-order valence-electron chi connectivity index (χ2n) is 5.05. The van der Waals surface area contributed by atoms with Crippen LogP contribution in [0.3, 0.4) is 0 Å². The molecule has 1 N–H and O–H groups in total. The van der Waals surface area contributed by atoms with Gasteiger partial charge in [-0.1, -0.05) is 11.6 Å². The van der Waals surface area contributed by atoms with Gasteiger partial charge in [0.05, 0.1) is 11.6 Å². The lowest BCUT2D eigenvalue weighted by Crippen LogP contribution is -2.27. The Hall–Kier alpha value is -2.10. The number of amides is 1. The van der Waals surface area contributed by atoms with Crippen LogP contribution in [0.4, 0.5) is 4.39 Å². The van der Waals surface area contributed by atoms with E-state index < -0.39 is 11.7 Å². The van der Waals surface area contributed by atoms with Crippen molar-refractivity contribution in [3.63, 3.8) is 0 Å². The standard InChI is InChI=1S/C16H18FNO2/c1-9-5-6-15(17)14(7-9)16(19)18-11(3)13-8-10(2)20-12(13)4/h5-8,11H,1-4H3,(H,18,19). The van der Waals surface area contributed by atoms with Gasteiger partial charge in [-0.15, -0.1) is 0 Å². The summed E-state index contributed by atoms with van der Waals surface area (Å²) < 4.78 is 19.1. The van der Waals surface area contributed by atoms with E-state index in [1.54, 1.807) is 12.1 Å². The van der Waals surface area contributed by atoms with Gasteiger partial charge in [-0.25, -0.2) is 4.39 Å². The average Bonchev–Trinajstić information content (AvgIpc) is 2.71. The molecule has 20 heavy (non-hydrogen) atoms. The first-order valence-corrected chi connectivity index (χ1v) is 6.52. The molecule has 3 nitrogen and oxygen atoms in total. The van der Waals surface area contributed by atoms with Crippen LogP contribution < -0.4 is 5.32 Å². The number of rotatable bonds is 3. The maximum atomic E-state index is 13.7. The maximum Gasteiger partial charge on any atom is 0.254 e. The molecule has 4 heteroatoms. The normalized spacial score (nSPS) is 12.2. The fourth-order valence-electron chi connectivity index (χ4n) is 2.25. The number of benzene rings is 1. The Kier molecular flexibility index (Phi) is 3.93. The Morgan fingerprint density at radius 2 is 1.95 bits per heavy atom. The molecule has 1 atom stereocenters. The van der Waals surface area contributed by atoms with E-state index in [9.17, 15) is 9.18 Å². The zero-order chi connectivity index (χ0) is 14.9. The molecule has 2 aromatic rings. The first kappa shape index (κ1) is 14.3. The lowest BCUT2D eigenvalue weighted by molar-refractivity contribution is 0.0935. The van der Waals surface area contributed by atoms with Crippen molar-refractivity contribution in [3.05, 3.63) is 58.3 Å². The number of nitrogens with one attached hydrogen (secondary N) is 1. The van der Waals surface area contributed by atoms with Crippen LogP contribution in [0.2, 0.25) is 0 Å². The first-order valence-electron chi connectivity index (χ1n) is 6.52. The fraction of sp³-hybridized carbons (Fsp3) is 0.312. The highest BCUT2D eigenvalue weighted by molar-refractivity contribution is 5.94. The van der Waals surface area contributed by atoms with Crippen molar-refractivity contribution in [1.82, 2.24) is 5.32 Å². The Morgan fingerprint density at radius 1 is 1.25 bits per heavy atom. The quantitative estimate of drug-likeness (QED) is 0.924. The third-order valence-corrected chi connectivity index (χ3v) is 3.26. The van der Waals surface area contributed by atoms with E-state index >= 15 is 0 Å². The van der Waals surface area contributed by atoms with Gasteiger partial charge in [0.1, 0.15) is 17.3 Å². The van der Waals surface area contributed by atoms with E-state index in [-0.39, 0.29) is 11.6 Å². The number of hydrogen-bond donors (Lipinski definition) is 1. The van der Waals surface area contributed by atoms with Crippen molar-refractivity contribution < 1.29 is 13.6 Å². The third kappa shape index (κ3) is 2.90. The Morgan fingerprint density at radius 3 is 2.55 bits per heavy atom. The highest BCUT2D eigenvalue weighted by atomic mass is 19.1. The highest BCUT2D eigenvalue weighted by Crippen LogP contribution is 2.22. The lowest BCUT2D eigenvalue weighted by Gasteiger charge is -2.14. The minimum Gasteiger partial charge on any atom is -0.466 e. The number of carbonyl (C=O) groups is 1. The van der Waals surface area contributed by atoms with Crippen molar-refractivity contribution in [1.29, 1.82) is 0 Å². The monoisotopic (exact) mass is 275 g/mol. The minimum absolute atomic E-state index is 0.0646. The summed E-state index contributed by atoms with van der Waals surface area (Å²) >= 11 is 0. The lowest BCUT2D eigenvalue weighted by atomic mass is 10.1. The minimum atomic E-state index is -0.514. The maximum absolute atomic E-state index is 13.7. The summed E-state index contributed by atoms with van der Waals surface area (Å²) in [6, 6.07) is 6.14. The number of aryl methyl sites for hydroxylation is 3. The Labute approximate surface area is 117 Å². The molecule has 0 aliphatic carbocycles. The van der Waals surface area contributed by atoms with Gasteiger partial charge in [-0.2, -0.15) is 0 Å². The molecule has 0 saturated heterocycles. The number of halogens is 1. The van der Waals surface area contributed by atoms with Gasteiger partial charge in [0.15, 0.2) is 0 Å². The van der Waals surface area contributed by atoms with Crippen molar-refractivity contribution in [2.45, 2.75) is 33.7 Å². The predicted octanol–water partition coefficient (Wildman–Crippen LogP) is 3.83. The van der Waals surface area contributed by atoms with Crippen LogP contribution in [0.5, 0.6) is 0 Å². The van der Waals surface area contributed by atoms with E-state index in [1.807, 2.05) is 33.8 Å². The van der Waals surface area contributed by atoms with Gasteiger partial charge in [0.2, 0.25) is 0 Å². The molecule has 106 valence electrons. The van der Waals surface area contributed by atoms with Crippen LogP contribution in [0, 0.1) is 26.6 Å². The Bertz CT molecular complexity index is 646. The summed E-state index contributed by atoms with van der Waals surface area (Å²) in [5, 5.41) is 2.80. The van der Waals surface area contributed by atoms with E-state index in [0.29, 0.717) is 0 Å². The van der Waals surface area contributed by atoms with Gasteiger partial charge in [-0.05, 0) is 45.9 Å². The molecule has 0 fully saturated rings. The van der Waals surface area contributed by atoms with Crippen LogP contribution in [0.25, 0.3) is 0 Å². The summed E-state index contributed by atoms with van der Waals surface area (Å²) in [5.41, 5.74) is 1.82. The second kappa shape index (κ2) is 5.49. The topological polar surface area (TPSA) is 42.2 Å².